The minimum atomic E-state index is -0.411. The molecule has 1 amide bonds. The van der Waals surface area contributed by atoms with Gasteiger partial charge >= 0.3 is 0 Å². The molecule has 0 unspecified atom stereocenters. The quantitative estimate of drug-likeness (QED) is 0.841. The standard InChI is InChI=1S/C20H25FN4O2/c1-24(20(27)18-11-22-14-23-19(18)26)12-16-3-2-9-25(13-16)10-8-15-4-6-17(21)7-5-15/h4-7,11,14,16H,2-3,8-10,12-13H2,1H3,(H,22,23,26)/t16-/m0/s1. The van der Waals surface area contributed by atoms with Crippen molar-refractivity contribution in [2.75, 3.05) is 33.2 Å². The van der Waals surface area contributed by atoms with E-state index in [1.807, 2.05) is 12.1 Å². The van der Waals surface area contributed by atoms with Crippen molar-refractivity contribution in [2.45, 2.75) is 19.3 Å². The van der Waals surface area contributed by atoms with Crippen molar-refractivity contribution in [3.05, 3.63) is 64.1 Å². The van der Waals surface area contributed by atoms with Gasteiger partial charge < -0.3 is 14.8 Å². The molecular formula is C20H25FN4O2. The van der Waals surface area contributed by atoms with Crippen LogP contribution in [0.3, 0.4) is 0 Å². The van der Waals surface area contributed by atoms with E-state index >= 15 is 0 Å². The van der Waals surface area contributed by atoms with Crippen LogP contribution in [-0.2, 0) is 6.42 Å². The first kappa shape index (κ1) is 19.2. The van der Waals surface area contributed by atoms with E-state index in [1.54, 1.807) is 11.9 Å². The number of amides is 1. The Kier molecular flexibility index (Phi) is 6.34. The van der Waals surface area contributed by atoms with Gasteiger partial charge in [0.2, 0.25) is 0 Å². The molecule has 1 aliphatic rings. The first-order valence-electron chi connectivity index (χ1n) is 9.28. The summed E-state index contributed by atoms with van der Waals surface area (Å²) in [6.07, 6.45) is 5.62. The van der Waals surface area contributed by atoms with E-state index in [2.05, 4.69) is 14.9 Å². The van der Waals surface area contributed by atoms with Crippen molar-refractivity contribution in [1.29, 1.82) is 0 Å². The van der Waals surface area contributed by atoms with Crippen LogP contribution in [0.2, 0.25) is 0 Å². The smallest absolute Gasteiger partial charge is 0.263 e. The highest BCUT2D eigenvalue weighted by Gasteiger charge is 2.24. The number of benzene rings is 1. The SMILES string of the molecule is CN(C[C@@H]1CCCN(CCc2ccc(F)cc2)C1)C(=O)c1cnc[nH]c1=O. The lowest BCUT2D eigenvalue weighted by atomic mass is 9.97. The Morgan fingerprint density at radius 2 is 2.15 bits per heavy atom. The number of aromatic nitrogens is 2. The number of aromatic amines is 1. The number of piperidine rings is 1. The molecule has 3 rings (SSSR count). The zero-order valence-corrected chi connectivity index (χ0v) is 15.5. The predicted molar refractivity (Wildman–Crippen MR) is 101 cm³/mol. The fraction of sp³-hybridized carbons (Fsp3) is 0.450. The Morgan fingerprint density at radius 3 is 2.89 bits per heavy atom. The van der Waals surface area contributed by atoms with E-state index in [0.717, 1.165) is 44.5 Å². The summed E-state index contributed by atoms with van der Waals surface area (Å²) in [7, 11) is 1.73. The van der Waals surface area contributed by atoms with E-state index in [9.17, 15) is 14.0 Å². The first-order chi connectivity index (χ1) is 13.0. The van der Waals surface area contributed by atoms with Crippen LogP contribution in [0.25, 0.3) is 0 Å². The number of likely N-dealkylation sites (tertiary alicyclic amines) is 1. The zero-order chi connectivity index (χ0) is 19.2. The van der Waals surface area contributed by atoms with Crippen LogP contribution in [0, 0.1) is 11.7 Å². The maximum atomic E-state index is 13.0. The summed E-state index contributed by atoms with van der Waals surface area (Å²) < 4.78 is 13.0. The van der Waals surface area contributed by atoms with Crippen molar-refractivity contribution < 1.29 is 9.18 Å². The third-order valence-corrected chi connectivity index (χ3v) is 5.06. The minimum Gasteiger partial charge on any atom is -0.341 e. The van der Waals surface area contributed by atoms with E-state index in [1.165, 1.54) is 24.7 Å². The van der Waals surface area contributed by atoms with Crippen molar-refractivity contribution in [3.8, 4) is 0 Å². The van der Waals surface area contributed by atoms with Crippen molar-refractivity contribution in [2.24, 2.45) is 5.92 Å². The zero-order valence-electron chi connectivity index (χ0n) is 15.5. The van der Waals surface area contributed by atoms with Gasteiger partial charge in [-0.25, -0.2) is 9.37 Å². The Labute approximate surface area is 158 Å². The molecule has 1 N–H and O–H groups in total. The molecule has 1 aromatic carbocycles. The lowest BCUT2D eigenvalue weighted by Gasteiger charge is -2.34. The molecule has 0 aliphatic carbocycles. The average Bonchev–Trinajstić information content (AvgIpc) is 2.68. The molecular weight excluding hydrogens is 347 g/mol. The number of nitrogens with zero attached hydrogens (tertiary/aromatic N) is 3. The van der Waals surface area contributed by atoms with Crippen LogP contribution in [0.15, 0.2) is 41.6 Å². The topological polar surface area (TPSA) is 69.3 Å². The van der Waals surface area contributed by atoms with E-state index in [0.29, 0.717) is 12.5 Å². The highest BCUT2D eigenvalue weighted by atomic mass is 19.1. The molecule has 1 fully saturated rings. The second-order valence-electron chi connectivity index (χ2n) is 7.17. The summed E-state index contributed by atoms with van der Waals surface area (Å²) in [4.78, 5) is 34.5. The van der Waals surface area contributed by atoms with Gasteiger partial charge in [0.15, 0.2) is 0 Å². The lowest BCUT2D eigenvalue weighted by Crippen LogP contribution is -2.43. The average molecular weight is 372 g/mol. The number of H-pyrrole nitrogens is 1. The summed E-state index contributed by atoms with van der Waals surface area (Å²) >= 11 is 0. The van der Waals surface area contributed by atoms with Gasteiger partial charge in [-0.3, -0.25) is 9.59 Å². The number of halogens is 1. The molecule has 144 valence electrons. The number of nitrogens with one attached hydrogen (secondary N) is 1. The van der Waals surface area contributed by atoms with Crippen LogP contribution in [-0.4, -0.2) is 58.9 Å². The molecule has 0 bridgehead atoms. The Morgan fingerprint density at radius 1 is 1.37 bits per heavy atom. The third-order valence-electron chi connectivity index (χ3n) is 5.06. The van der Waals surface area contributed by atoms with E-state index in [4.69, 9.17) is 0 Å². The highest BCUT2D eigenvalue weighted by Crippen LogP contribution is 2.18. The molecule has 0 saturated carbocycles. The molecule has 2 heterocycles. The maximum Gasteiger partial charge on any atom is 0.263 e. The van der Waals surface area contributed by atoms with Gasteiger partial charge in [-0.2, -0.15) is 0 Å². The second-order valence-corrected chi connectivity index (χ2v) is 7.17. The molecule has 1 aromatic heterocycles. The molecule has 6 nitrogen and oxygen atoms in total. The second kappa shape index (κ2) is 8.90. The van der Waals surface area contributed by atoms with Crippen LogP contribution < -0.4 is 5.56 Å². The van der Waals surface area contributed by atoms with Crippen LogP contribution in [0.1, 0.15) is 28.8 Å². The van der Waals surface area contributed by atoms with E-state index < -0.39 is 5.56 Å². The normalized spacial score (nSPS) is 17.6. The number of hydrogen-bond donors (Lipinski definition) is 1. The summed E-state index contributed by atoms with van der Waals surface area (Å²) in [6, 6.07) is 6.65. The molecule has 2 aromatic rings. The Balaban J connectivity index is 1.51. The fourth-order valence-electron chi connectivity index (χ4n) is 3.61. The van der Waals surface area contributed by atoms with Gasteiger partial charge in [-0.15, -0.1) is 0 Å². The van der Waals surface area contributed by atoms with Gasteiger partial charge in [0.05, 0.1) is 6.33 Å². The van der Waals surface area contributed by atoms with Crippen LogP contribution in [0.4, 0.5) is 4.39 Å². The summed E-state index contributed by atoms with van der Waals surface area (Å²) in [5.41, 5.74) is 0.789. The Bertz CT molecular complexity index is 821. The van der Waals surface area contributed by atoms with Crippen LogP contribution >= 0.6 is 0 Å². The van der Waals surface area contributed by atoms with Gasteiger partial charge in [-0.05, 0) is 49.4 Å². The molecule has 7 heteroatoms. The third kappa shape index (κ3) is 5.23. The van der Waals surface area contributed by atoms with Gasteiger partial charge in [-0.1, -0.05) is 12.1 Å². The summed E-state index contributed by atoms with van der Waals surface area (Å²) in [6.45, 7) is 3.49. The molecule has 0 spiro atoms. The maximum absolute atomic E-state index is 13.0. The monoisotopic (exact) mass is 372 g/mol. The van der Waals surface area contributed by atoms with Crippen molar-refractivity contribution >= 4 is 5.91 Å². The summed E-state index contributed by atoms with van der Waals surface area (Å²) in [5.74, 6) is -0.138. The largest absolute Gasteiger partial charge is 0.341 e. The van der Waals surface area contributed by atoms with Gasteiger partial charge in [0.25, 0.3) is 11.5 Å². The number of carbonyl (C=O) groups excluding carboxylic acids is 1. The molecule has 1 atom stereocenters. The van der Waals surface area contributed by atoms with Gasteiger partial charge in [0.1, 0.15) is 11.4 Å². The van der Waals surface area contributed by atoms with E-state index in [-0.39, 0.29) is 17.3 Å². The Hall–Kier alpha value is -2.54. The van der Waals surface area contributed by atoms with Gasteiger partial charge in [0, 0.05) is 32.9 Å². The highest BCUT2D eigenvalue weighted by molar-refractivity contribution is 5.93. The lowest BCUT2D eigenvalue weighted by molar-refractivity contribution is 0.0728. The van der Waals surface area contributed by atoms with Crippen molar-refractivity contribution in [3.63, 3.8) is 0 Å². The minimum absolute atomic E-state index is 0.0731. The number of rotatable bonds is 6. The predicted octanol–water partition coefficient (Wildman–Crippen LogP) is 1.94. The number of carbonyl (C=O) groups is 1. The van der Waals surface area contributed by atoms with Crippen LogP contribution in [0.5, 0.6) is 0 Å². The fourth-order valence-corrected chi connectivity index (χ4v) is 3.61. The first-order valence-corrected chi connectivity index (χ1v) is 9.28. The van der Waals surface area contributed by atoms with Crippen molar-refractivity contribution in [1.82, 2.24) is 19.8 Å². The number of hydrogen-bond acceptors (Lipinski definition) is 4. The molecule has 0 radical (unpaired) electrons. The molecule has 1 saturated heterocycles. The molecule has 1 aliphatic heterocycles. The molecule has 27 heavy (non-hydrogen) atoms. The summed E-state index contributed by atoms with van der Waals surface area (Å²) in [5, 5.41) is 0.